The van der Waals surface area contributed by atoms with Gasteiger partial charge in [-0.15, -0.1) is 0 Å². The molecule has 0 aliphatic carbocycles. The topological polar surface area (TPSA) is 28.9 Å². The van der Waals surface area contributed by atoms with Gasteiger partial charge in [-0.05, 0) is 37.1 Å². The van der Waals surface area contributed by atoms with E-state index in [1.54, 1.807) is 0 Å². The van der Waals surface area contributed by atoms with Crippen LogP contribution in [0.5, 0.6) is 5.75 Å². The van der Waals surface area contributed by atoms with Gasteiger partial charge in [-0.1, -0.05) is 37.3 Å². The molecule has 0 amide bonds. The Kier molecular flexibility index (Phi) is 3.91. The van der Waals surface area contributed by atoms with E-state index in [0.717, 1.165) is 35.6 Å². The number of hydrogen-bond donors (Lipinski definition) is 1. The molecular weight excluding hydrogens is 260 g/mol. The van der Waals surface area contributed by atoms with E-state index in [0.29, 0.717) is 6.61 Å². The normalized spacial score (nSPS) is 11.0. The van der Waals surface area contributed by atoms with Gasteiger partial charge in [-0.2, -0.15) is 0 Å². The van der Waals surface area contributed by atoms with Crippen LogP contribution >= 0.6 is 0 Å². The Balaban J connectivity index is 1.89. The monoisotopic (exact) mass is 281 g/mol. The number of para-hydroxylation sites is 3. The number of ether oxygens (including phenoxy) is 1. The first kappa shape index (κ1) is 13.7. The Bertz CT molecular complexity index is 746. The second-order valence-electron chi connectivity index (χ2n) is 5.29. The average molecular weight is 281 g/mol. The SMILES string of the molecule is CCC[n+]1c(COc2ccccc2C)[nH]c2ccccc21. The molecule has 0 bridgehead atoms. The Morgan fingerprint density at radius 1 is 1.05 bits per heavy atom. The predicted octanol–water partition coefficient (Wildman–Crippen LogP) is 3.75. The van der Waals surface area contributed by atoms with E-state index in [1.807, 2.05) is 18.2 Å². The Labute approximate surface area is 125 Å². The van der Waals surface area contributed by atoms with Gasteiger partial charge in [0.05, 0.1) is 6.54 Å². The van der Waals surface area contributed by atoms with Gasteiger partial charge < -0.3 is 4.74 Å². The minimum absolute atomic E-state index is 0.555. The molecule has 1 N–H and O–H groups in total. The van der Waals surface area contributed by atoms with Crippen molar-refractivity contribution in [3.8, 4) is 5.75 Å². The van der Waals surface area contributed by atoms with Crippen molar-refractivity contribution < 1.29 is 9.30 Å². The molecular formula is C18H21N2O+. The first-order valence-corrected chi connectivity index (χ1v) is 7.47. The molecule has 3 heteroatoms. The number of aromatic nitrogens is 2. The van der Waals surface area contributed by atoms with Crippen LogP contribution in [0.2, 0.25) is 0 Å². The first-order chi connectivity index (χ1) is 10.3. The molecule has 0 saturated heterocycles. The lowest BCUT2D eigenvalue weighted by molar-refractivity contribution is -0.680. The van der Waals surface area contributed by atoms with E-state index in [-0.39, 0.29) is 0 Å². The zero-order chi connectivity index (χ0) is 14.7. The maximum Gasteiger partial charge on any atom is 0.293 e. The fraction of sp³-hybridized carbons (Fsp3) is 0.278. The van der Waals surface area contributed by atoms with Crippen LogP contribution in [0.15, 0.2) is 48.5 Å². The lowest BCUT2D eigenvalue weighted by Crippen LogP contribution is -2.37. The number of nitrogens with one attached hydrogen (secondary N) is 1. The van der Waals surface area contributed by atoms with Gasteiger partial charge in [0.1, 0.15) is 5.75 Å². The molecule has 3 aromatic rings. The van der Waals surface area contributed by atoms with Gasteiger partial charge in [0.25, 0.3) is 5.82 Å². The standard InChI is InChI=1S/C18H20N2O/c1-3-12-20-16-10-6-5-9-15(16)19-18(20)13-21-17-11-7-4-8-14(17)2/h4-11H,3,12-13H2,1-2H3/p+1. The maximum absolute atomic E-state index is 5.99. The highest BCUT2D eigenvalue weighted by Crippen LogP contribution is 2.18. The Morgan fingerprint density at radius 2 is 1.81 bits per heavy atom. The minimum Gasteiger partial charge on any atom is -0.481 e. The van der Waals surface area contributed by atoms with Crippen molar-refractivity contribution in [3.63, 3.8) is 0 Å². The highest BCUT2D eigenvalue weighted by atomic mass is 16.5. The van der Waals surface area contributed by atoms with Crippen LogP contribution < -0.4 is 9.30 Å². The van der Waals surface area contributed by atoms with Crippen LogP contribution in [0.25, 0.3) is 11.0 Å². The molecule has 0 saturated carbocycles. The quantitative estimate of drug-likeness (QED) is 0.709. The van der Waals surface area contributed by atoms with E-state index in [2.05, 4.69) is 53.7 Å². The van der Waals surface area contributed by atoms with E-state index < -0.39 is 0 Å². The number of aromatic amines is 1. The van der Waals surface area contributed by atoms with Crippen molar-refractivity contribution in [2.75, 3.05) is 0 Å². The third kappa shape index (κ3) is 2.77. The Hall–Kier alpha value is -2.29. The van der Waals surface area contributed by atoms with Crippen molar-refractivity contribution in [2.45, 2.75) is 33.4 Å². The van der Waals surface area contributed by atoms with Gasteiger partial charge in [0, 0.05) is 0 Å². The minimum atomic E-state index is 0.555. The van der Waals surface area contributed by atoms with Gasteiger partial charge >= 0.3 is 0 Å². The van der Waals surface area contributed by atoms with Gasteiger partial charge in [0.15, 0.2) is 17.6 Å². The second kappa shape index (κ2) is 6.00. The highest BCUT2D eigenvalue weighted by Gasteiger charge is 2.18. The molecule has 0 spiro atoms. The summed E-state index contributed by atoms with van der Waals surface area (Å²) in [6.45, 7) is 5.82. The second-order valence-corrected chi connectivity index (χ2v) is 5.29. The lowest BCUT2D eigenvalue weighted by Gasteiger charge is -2.07. The van der Waals surface area contributed by atoms with Gasteiger partial charge in [-0.25, -0.2) is 9.55 Å². The number of hydrogen-bond acceptors (Lipinski definition) is 1. The molecule has 1 aromatic heterocycles. The van der Waals surface area contributed by atoms with Crippen molar-refractivity contribution in [3.05, 3.63) is 59.9 Å². The third-order valence-electron chi connectivity index (χ3n) is 3.70. The summed E-state index contributed by atoms with van der Waals surface area (Å²) in [5.41, 5.74) is 3.56. The summed E-state index contributed by atoms with van der Waals surface area (Å²) in [4.78, 5) is 3.48. The van der Waals surface area contributed by atoms with Crippen LogP contribution in [-0.2, 0) is 13.2 Å². The Morgan fingerprint density at radius 3 is 2.62 bits per heavy atom. The molecule has 0 radical (unpaired) electrons. The van der Waals surface area contributed by atoms with Crippen LogP contribution in [0.3, 0.4) is 0 Å². The number of aryl methyl sites for hydroxylation is 2. The fourth-order valence-corrected chi connectivity index (χ4v) is 2.64. The summed E-state index contributed by atoms with van der Waals surface area (Å²) >= 11 is 0. The van der Waals surface area contributed by atoms with E-state index in [1.165, 1.54) is 5.52 Å². The molecule has 3 nitrogen and oxygen atoms in total. The zero-order valence-electron chi connectivity index (χ0n) is 12.6. The maximum atomic E-state index is 5.99. The number of benzene rings is 2. The van der Waals surface area contributed by atoms with Crippen LogP contribution in [0, 0.1) is 6.92 Å². The summed E-state index contributed by atoms with van der Waals surface area (Å²) in [5.74, 6) is 2.06. The number of fused-ring (bicyclic) bond motifs is 1. The number of rotatable bonds is 5. The molecule has 1 heterocycles. The van der Waals surface area contributed by atoms with Crippen molar-refractivity contribution in [1.82, 2.24) is 4.98 Å². The van der Waals surface area contributed by atoms with Crippen LogP contribution in [-0.4, -0.2) is 4.98 Å². The van der Waals surface area contributed by atoms with E-state index in [4.69, 9.17) is 4.74 Å². The molecule has 0 aliphatic rings. The average Bonchev–Trinajstić information content (AvgIpc) is 2.85. The highest BCUT2D eigenvalue weighted by molar-refractivity contribution is 5.70. The fourth-order valence-electron chi connectivity index (χ4n) is 2.64. The van der Waals surface area contributed by atoms with Crippen LogP contribution in [0.1, 0.15) is 24.7 Å². The molecule has 2 aromatic carbocycles. The smallest absolute Gasteiger partial charge is 0.293 e. The largest absolute Gasteiger partial charge is 0.481 e. The van der Waals surface area contributed by atoms with Crippen molar-refractivity contribution in [2.24, 2.45) is 0 Å². The van der Waals surface area contributed by atoms with Gasteiger partial charge in [-0.3, -0.25) is 0 Å². The molecule has 0 unspecified atom stereocenters. The first-order valence-electron chi connectivity index (χ1n) is 7.47. The molecule has 0 atom stereocenters. The molecule has 21 heavy (non-hydrogen) atoms. The number of nitrogens with zero attached hydrogens (tertiary/aromatic N) is 1. The van der Waals surface area contributed by atoms with Crippen molar-refractivity contribution >= 4 is 11.0 Å². The van der Waals surface area contributed by atoms with E-state index in [9.17, 15) is 0 Å². The lowest BCUT2D eigenvalue weighted by atomic mass is 10.2. The molecule has 0 fully saturated rings. The number of H-pyrrole nitrogens is 1. The zero-order valence-corrected chi connectivity index (χ0v) is 12.6. The van der Waals surface area contributed by atoms with Crippen LogP contribution in [0.4, 0.5) is 0 Å². The molecule has 3 rings (SSSR count). The molecule has 108 valence electrons. The summed E-state index contributed by atoms with van der Waals surface area (Å²) in [5, 5.41) is 0. The molecule has 0 aliphatic heterocycles. The van der Waals surface area contributed by atoms with Crippen molar-refractivity contribution in [1.29, 1.82) is 0 Å². The summed E-state index contributed by atoms with van der Waals surface area (Å²) in [6.07, 6.45) is 1.10. The van der Waals surface area contributed by atoms with E-state index >= 15 is 0 Å². The summed E-state index contributed by atoms with van der Waals surface area (Å²) in [6, 6.07) is 16.5. The third-order valence-corrected chi connectivity index (χ3v) is 3.70. The summed E-state index contributed by atoms with van der Waals surface area (Å²) < 4.78 is 8.30. The number of imidazole rings is 1. The predicted molar refractivity (Wildman–Crippen MR) is 84.3 cm³/mol. The summed E-state index contributed by atoms with van der Waals surface area (Å²) in [7, 11) is 0. The van der Waals surface area contributed by atoms with Gasteiger partial charge in [0.2, 0.25) is 0 Å².